The van der Waals surface area contributed by atoms with E-state index in [9.17, 15) is 0 Å². The summed E-state index contributed by atoms with van der Waals surface area (Å²) >= 11 is 0. The molecule has 6 N–H and O–H groups in total. The molecule has 0 atom stereocenters. The molecule has 0 rings (SSSR count). The minimum atomic E-state index is 0. The standard InChI is InChI=1S/6ClH.Ir.2H3N/h6*1H;;2*1H3. The van der Waals surface area contributed by atoms with Crippen molar-refractivity contribution in [3.05, 3.63) is 0 Å². The topological polar surface area (TPSA) is 70.0 Å². The third kappa shape index (κ3) is 133. The Bertz CT molecular complexity index is 11.0. The molecule has 0 spiro atoms. The molecule has 0 aliphatic heterocycles. The van der Waals surface area contributed by atoms with E-state index in [-0.39, 0.29) is 107 Å². The van der Waals surface area contributed by atoms with Gasteiger partial charge in [0.15, 0.2) is 0 Å². The molecule has 9 heavy (non-hydrogen) atoms. The summed E-state index contributed by atoms with van der Waals surface area (Å²) in [5, 5.41) is 0. The Labute approximate surface area is 106 Å². The number of rotatable bonds is 0. The van der Waals surface area contributed by atoms with E-state index in [1.54, 1.807) is 0 Å². The predicted molar refractivity (Wildman–Crippen MR) is 53.5 cm³/mol. The molecule has 0 aromatic heterocycles. The van der Waals surface area contributed by atoms with Gasteiger partial charge in [-0.1, -0.05) is 0 Å². The molecule has 0 saturated heterocycles. The van der Waals surface area contributed by atoms with E-state index in [0.717, 1.165) is 0 Å². The van der Waals surface area contributed by atoms with Crippen LogP contribution in [0.1, 0.15) is 0 Å². The van der Waals surface area contributed by atoms with Crippen LogP contribution < -0.4 is 12.3 Å². The first kappa shape index (κ1) is 225. The van der Waals surface area contributed by atoms with Crippen LogP contribution in [0.5, 0.6) is 0 Å². The maximum absolute atomic E-state index is 0. The predicted octanol–water partition coefficient (Wildman–Crippen LogP) is 2.85. The van der Waals surface area contributed by atoms with Crippen molar-refractivity contribution in [2.75, 3.05) is 0 Å². The molecule has 0 aliphatic rings. The van der Waals surface area contributed by atoms with E-state index in [1.807, 2.05) is 0 Å². The molecular weight excluding hydrogens is 433 g/mol. The maximum atomic E-state index is 0. The molecular formula is H12Cl6IrN2. The van der Waals surface area contributed by atoms with Gasteiger partial charge < -0.3 is 12.3 Å². The minimum absolute atomic E-state index is 0. The fourth-order valence-corrected chi connectivity index (χ4v) is 0. The first-order valence-corrected chi connectivity index (χ1v) is 0. The molecule has 0 amide bonds. The van der Waals surface area contributed by atoms with Gasteiger partial charge in [0, 0.05) is 20.1 Å². The molecule has 0 heterocycles. The minimum Gasteiger partial charge on any atom is -0.344 e. The first-order chi connectivity index (χ1) is 0. The van der Waals surface area contributed by atoms with E-state index in [4.69, 9.17) is 0 Å². The van der Waals surface area contributed by atoms with Crippen molar-refractivity contribution in [1.82, 2.24) is 12.3 Å². The van der Waals surface area contributed by atoms with Gasteiger partial charge in [0.25, 0.3) is 0 Å². The Morgan fingerprint density at radius 3 is 0.333 bits per heavy atom. The molecule has 0 aliphatic carbocycles. The van der Waals surface area contributed by atoms with Crippen molar-refractivity contribution >= 4 is 74.4 Å². The summed E-state index contributed by atoms with van der Waals surface area (Å²) in [5.74, 6) is 0. The number of hydrogen-bond donors (Lipinski definition) is 2. The quantitative estimate of drug-likeness (QED) is 0.603. The van der Waals surface area contributed by atoms with Gasteiger partial charge in [0.05, 0.1) is 0 Å². The van der Waals surface area contributed by atoms with Crippen LogP contribution in [0, 0.1) is 0 Å². The molecule has 2 nitrogen and oxygen atoms in total. The van der Waals surface area contributed by atoms with Crippen LogP contribution in [0.15, 0.2) is 0 Å². The van der Waals surface area contributed by atoms with E-state index in [0.29, 0.717) is 0 Å². The van der Waals surface area contributed by atoms with Crippen molar-refractivity contribution in [3.63, 3.8) is 0 Å². The third-order valence-electron chi connectivity index (χ3n) is 0. The van der Waals surface area contributed by atoms with Crippen LogP contribution in [-0.2, 0) is 20.1 Å². The monoisotopic (exact) mass is 443 g/mol. The summed E-state index contributed by atoms with van der Waals surface area (Å²) < 4.78 is 0. The maximum Gasteiger partial charge on any atom is 0 e. The van der Waals surface area contributed by atoms with E-state index in [1.165, 1.54) is 0 Å². The van der Waals surface area contributed by atoms with E-state index < -0.39 is 0 Å². The average Bonchev–Trinajstić information content (AvgIpc) is 0. The van der Waals surface area contributed by atoms with E-state index in [2.05, 4.69) is 0 Å². The van der Waals surface area contributed by atoms with Crippen LogP contribution in [0.3, 0.4) is 0 Å². The summed E-state index contributed by atoms with van der Waals surface area (Å²) in [6.07, 6.45) is 0. The molecule has 73 valence electrons. The second kappa shape index (κ2) is 168. The van der Waals surface area contributed by atoms with Crippen molar-refractivity contribution < 1.29 is 20.1 Å². The van der Waals surface area contributed by atoms with Crippen LogP contribution >= 0.6 is 74.4 Å². The van der Waals surface area contributed by atoms with Gasteiger partial charge in [-0.05, 0) is 0 Å². The second-order valence-corrected chi connectivity index (χ2v) is 0. The van der Waals surface area contributed by atoms with Gasteiger partial charge in [0.2, 0.25) is 0 Å². The van der Waals surface area contributed by atoms with Crippen molar-refractivity contribution in [3.8, 4) is 0 Å². The molecule has 9 heteroatoms. The van der Waals surface area contributed by atoms with Gasteiger partial charge in [-0.3, -0.25) is 0 Å². The zero-order valence-corrected chi connectivity index (χ0v) is 11.5. The van der Waals surface area contributed by atoms with Gasteiger partial charge in [-0.25, -0.2) is 0 Å². The van der Waals surface area contributed by atoms with Gasteiger partial charge in [-0.15, -0.1) is 74.4 Å². The normalized spacial score (nSPS) is 0. The molecule has 0 saturated carbocycles. The summed E-state index contributed by atoms with van der Waals surface area (Å²) in [6.45, 7) is 0. The summed E-state index contributed by atoms with van der Waals surface area (Å²) in [5.41, 5.74) is 0. The first-order valence-electron chi connectivity index (χ1n) is 0. The largest absolute Gasteiger partial charge is 0.344 e. The number of halogens is 6. The summed E-state index contributed by atoms with van der Waals surface area (Å²) in [7, 11) is 0. The van der Waals surface area contributed by atoms with Crippen molar-refractivity contribution in [2.45, 2.75) is 0 Å². The molecule has 0 unspecified atom stereocenters. The van der Waals surface area contributed by atoms with Gasteiger partial charge in [-0.2, -0.15) is 0 Å². The SMILES string of the molecule is Cl.Cl.Cl.Cl.Cl.Cl.N.N.[Ir]. The van der Waals surface area contributed by atoms with Crippen LogP contribution in [-0.4, -0.2) is 0 Å². The van der Waals surface area contributed by atoms with Crippen LogP contribution in [0.4, 0.5) is 0 Å². The molecule has 0 bridgehead atoms. The van der Waals surface area contributed by atoms with Gasteiger partial charge >= 0.3 is 0 Å². The summed E-state index contributed by atoms with van der Waals surface area (Å²) in [6, 6.07) is 0. The Kier molecular flexibility index (Phi) is 4200. The van der Waals surface area contributed by atoms with Crippen LogP contribution in [0.2, 0.25) is 0 Å². The molecule has 1 radical (unpaired) electrons. The fourth-order valence-electron chi connectivity index (χ4n) is 0. The number of hydrogen-bond acceptors (Lipinski definition) is 2. The van der Waals surface area contributed by atoms with Crippen molar-refractivity contribution in [1.29, 1.82) is 0 Å². The van der Waals surface area contributed by atoms with E-state index >= 15 is 0 Å². The Morgan fingerprint density at radius 1 is 0.333 bits per heavy atom. The smallest absolute Gasteiger partial charge is 0 e. The fraction of sp³-hybridized carbons (Fsp3) is 0. The zero-order chi connectivity index (χ0) is 0. The summed E-state index contributed by atoms with van der Waals surface area (Å²) in [4.78, 5) is 0. The molecule has 0 fully saturated rings. The van der Waals surface area contributed by atoms with Gasteiger partial charge in [0.1, 0.15) is 0 Å². The average molecular weight is 445 g/mol. The molecule has 0 aromatic carbocycles. The van der Waals surface area contributed by atoms with Crippen molar-refractivity contribution in [2.24, 2.45) is 0 Å². The molecule has 0 aromatic rings. The second-order valence-electron chi connectivity index (χ2n) is 0. The third-order valence-corrected chi connectivity index (χ3v) is 0. The van der Waals surface area contributed by atoms with Crippen LogP contribution in [0.25, 0.3) is 0 Å². The zero-order valence-electron chi connectivity index (χ0n) is 4.20. The Hall–Kier alpha value is 2.31. The Morgan fingerprint density at radius 2 is 0.333 bits per heavy atom. The Balaban J connectivity index is 0.